The number of amides is 1. The summed E-state index contributed by atoms with van der Waals surface area (Å²) >= 11 is 0. The van der Waals surface area contributed by atoms with E-state index in [4.69, 9.17) is 4.52 Å². The van der Waals surface area contributed by atoms with Gasteiger partial charge in [-0.2, -0.15) is 4.98 Å². The second-order valence-corrected chi connectivity index (χ2v) is 5.30. The van der Waals surface area contributed by atoms with Gasteiger partial charge in [-0.05, 0) is 19.2 Å². The molecule has 1 aliphatic heterocycles. The lowest BCUT2D eigenvalue weighted by Crippen LogP contribution is -2.44. The molecule has 1 amide bonds. The summed E-state index contributed by atoms with van der Waals surface area (Å²) in [4.78, 5) is 18.5. The molecule has 1 aromatic heterocycles. The number of nitrogens with zero attached hydrogens (tertiary/aromatic N) is 3. The van der Waals surface area contributed by atoms with Gasteiger partial charge in [-0.1, -0.05) is 23.4 Å². The van der Waals surface area contributed by atoms with E-state index in [0.717, 1.165) is 19.6 Å². The van der Waals surface area contributed by atoms with E-state index in [2.05, 4.69) is 25.7 Å². The van der Waals surface area contributed by atoms with E-state index in [1.54, 1.807) is 12.1 Å². The second-order valence-electron chi connectivity index (χ2n) is 5.30. The minimum Gasteiger partial charge on any atom is -0.343 e. The van der Waals surface area contributed by atoms with Gasteiger partial charge in [-0.3, -0.25) is 9.69 Å². The number of piperazine rings is 1. The Morgan fingerprint density at radius 1 is 1.45 bits per heavy atom. The van der Waals surface area contributed by atoms with Crippen molar-refractivity contribution in [3.63, 3.8) is 0 Å². The maximum Gasteiger partial charge on any atom is 0.251 e. The van der Waals surface area contributed by atoms with Crippen LogP contribution in [0.2, 0.25) is 0 Å². The van der Waals surface area contributed by atoms with Gasteiger partial charge in [0.15, 0.2) is 5.82 Å². The SMILES string of the molecule is CN1CCNCC1c1noc(CNC(=O)c2ccccc2)n1. The third-order valence-corrected chi connectivity index (χ3v) is 3.73. The van der Waals surface area contributed by atoms with Crippen molar-refractivity contribution in [1.82, 2.24) is 25.7 Å². The predicted molar refractivity (Wildman–Crippen MR) is 80.2 cm³/mol. The van der Waals surface area contributed by atoms with E-state index < -0.39 is 0 Å². The van der Waals surface area contributed by atoms with Crippen LogP contribution in [0.4, 0.5) is 0 Å². The van der Waals surface area contributed by atoms with Crippen LogP contribution >= 0.6 is 0 Å². The molecule has 3 rings (SSSR count). The third-order valence-electron chi connectivity index (χ3n) is 3.73. The molecule has 1 aromatic carbocycles. The molecule has 0 spiro atoms. The summed E-state index contributed by atoms with van der Waals surface area (Å²) in [5.74, 6) is 0.911. The van der Waals surface area contributed by atoms with Gasteiger partial charge in [-0.15, -0.1) is 0 Å². The monoisotopic (exact) mass is 301 g/mol. The van der Waals surface area contributed by atoms with Crippen LogP contribution in [0.25, 0.3) is 0 Å². The Labute approximate surface area is 128 Å². The first-order valence-electron chi connectivity index (χ1n) is 7.31. The van der Waals surface area contributed by atoms with Crippen LogP contribution in [0, 0.1) is 0 Å². The van der Waals surface area contributed by atoms with Gasteiger partial charge < -0.3 is 15.2 Å². The average Bonchev–Trinajstić information content (AvgIpc) is 3.02. The van der Waals surface area contributed by atoms with Crippen LogP contribution in [-0.4, -0.2) is 47.6 Å². The number of nitrogens with one attached hydrogen (secondary N) is 2. The summed E-state index contributed by atoms with van der Waals surface area (Å²) in [6, 6.07) is 9.15. The number of benzene rings is 1. The Morgan fingerprint density at radius 2 is 2.27 bits per heavy atom. The minimum absolute atomic E-state index is 0.107. The van der Waals surface area contributed by atoms with Crippen molar-refractivity contribution in [2.75, 3.05) is 26.7 Å². The van der Waals surface area contributed by atoms with Crippen molar-refractivity contribution in [1.29, 1.82) is 0 Å². The highest BCUT2D eigenvalue weighted by atomic mass is 16.5. The van der Waals surface area contributed by atoms with Crippen LogP contribution in [0.3, 0.4) is 0 Å². The van der Waals surface area contributed by atoms with Gasteiger partial charge in [0.1, 0.15) is 0 Å². The molecule has 1 unspecified atom stereocenters. The molecule has 0 radical (unpaired) electrons. The largest absolute Gasteiger partial charge is 0.343 e. The Hall–Kier alpha value is -2.25. The van der Waals surface area contributed by atoms with Gasteiger partial charge in [0.05, 0.1) is 12.6 Å². The summed E-state index contributed by atoms with van der Waals surface area (Å²) in [6.45, 7) is 2.93. The molecule has 0 bridgehead atoms. The first-order chi connectivity index (χ1) is 10.7. The smallest absolute Gasteiger partial charge is 0.251 e. The average molecular weight is 301 g/mol. The quantitative estimate of drug-likeness (QED) is 0.859. The highest BCUT2D eigenvalue weighted by molar-refractivity contribution is 5.93. The van der Waals surface area contributed by atoms with E-state index in [1.165, 1.54) is 0 Å². The molecule has 1 atom stereocenters. The maximum absolute atomic E-state index is 12.0. The van der Waals surface area contributed by atoms with Crippen LogP contribution in [0.15, 0.2) is 34.9 Å². The van der Waals surface area contributed by atoms with Crippen molar-refractivity contribution in [3.05, 3.63) is 47.6 Å². The van der Waals surface area contributed by atoms with Crippen molar-refractivity contribution in [2.45, 2.75) is 12.6 Å². The van der Waals surface area contributed by atoms with Crippen LogP contribution < -0.4 is 10.6 Å². The minimum atomic E-state index is -0.156. The lowest BCUT2D eigenvalue weighted by molar-refractivity contribution is 0.0946. The first kappa shape index (κ1) is 14.7. The highest BCUT2D eigenvalue weighted by Crippen LogP contribution is 2.17. The molecule has 116 valence electrons. The summed E-state index contributed by atoms with van der Waals surface area (Å²) in [5, 5.41) is 10.1. The molecule has 1 fully saturated rings. The van der Waals surface area contributed by atoms with E-state index in [-0.39, 0.29) is 18.5 Å². The number of carbonyl (C=O) groups excluding carboxylic acids is 1. The number of hydrogen-bond acceptors (Lipinski definition) is 6. The summed E-state index contributed by atoms with van der Waals surface area (Å²) in [7, 11) is 2.04. The highest BCUT2D eigenvalue weighted by Gasteiger charge is 2.25. The van der Waals surface area contributed by atoms with Gasteiger partial charge >= 0.3 is 0 Å². The molecule has 7 nitrogen and oxygen atoms in total. The Kier molecular flexibility index (Phi) is 4.45. The molecule has 22 heavy (non-hydrogen) atoms. The Balaban J connectivity index is 1.59. The van der Waals surface area contributed by atoms with Crippen molar-refractivity contribution in [2.24, 2.45) is 0 Å². The fourth-order valence-electron chi connectivity index (χ4n) is 2.42. The lowest BCUT2D eigenvalue weighted by Gasteiger charge is -2.30. The van der Waals surface area contributed by atoms with Crippen LogP contribution in [0.5, 0.6) is 0 Å². The molecule has 1 saturated heterocycles. The number of hydrogen-bond donors (Lipinski definition) is 2. The molecule has 2 N–H and O–H groups in total. The zero-order valence-corrected chi connectivity index (χ0v) is 12.5. The zero-order chi connectivity index (χ0) is 15.4. The Morgan fingerprint density at radius 3 is 3.05 bits per heavy atom. The molecule has 2 heterocycles. The standard InChI is InChI=1S/C15H19N5O2/c1-20-8-7-16-9-12(20)14-18-13(22-19-14)10-17-15(21)11-5-3-2-4-6-11/h2-6,12,16H,7-10H2,1H3,(H,17,21). The predicted octanol–water partition coefficient (Wildman–Crippen LogP) is 0.576. The van der Waals surface area contributed by atoms with E-state index >= 15 is 0 Å². The fraction of sp³-hybridized carbons (Fsp3) is 0.400. The molecule has 2 aromatic rings. The number of carbonyl (C=O) groups is 1. The van der Waals surface area contributed by atoms with Gasteiger partial charge in [0, 0.05) is 25.2 Å². The van der Waals surface area contributed by atoms with Gasteiger partial charge in [0.25, 0.3) is 5.91 Å². The van der Waals surface area contributed by atoms with Gasteiger partial charge in [0.2, 0.25) is 5.89 Å². The van der Waals surface area contributed by atoms with Crippen molar-refractivity contribution < 1.29 is 9.32 Å². The summed E-state index contributed by atoms with van der Waals surface area (Å²) in [6.07, 6.45) is 0. The van der Waals surface area contributed by atoms with Crippen LogP contribution in [-0.2, 0) is 6.54 Å². The maximum atomic E-state index is 12.0. The molecular formula is C15H19N5O2. The molecule has 1 aliphatic rings. The fourth-order valence-corrected chi connectivity index (χ4v) is 2.42. The first-order valence-corrected chi connectivity index (χ1v) is 7.31. The van der Waals surface area contributed by atoms with E-state index in [0.29, 0.717) is 17.3 Å². The van der Waals surface area contributed by atoms with Crippen molar-refractivity contribution in [3.8, 4) is 0 Å². The zero-order valence-electron chi connectivity index (χ0n) is 12.5. The summed E-state index contributed by atoms with van der Waals surface area (Å²) < 4.78 is 5.22. The topological polar surface area (TPSA) is 83.3 Å². The molecule has 7 heteroatoms. The van der Waals surface area contributed by atoms with Crippen molar-refractivity contribution >= 4 is 5.91 Å². The molecule has 0 aliphatic carbocycles. The van der Waals surface area contributed by atoms with E-state index in [9.17, 15) is 4.79 Å². The molecular weight excluding hydrogens is 282 g/mol. The Bertz CT molecular complexity index is 628. The summed E-state index contributed by atoms with van der Waals surface area (Å²) in [5.41, 5.74) is 0.610. The third kappa shape index (κ3) is 3.32. The van der Waals surface area contributed by atoms with Gasteiger partial charge in [-0.25, -0.2) is 0 Å². The number of likely N-dealkylation sites (N-methyl/N-ethyl adjacent to an activating group) is 1. The number of aromatic nitrogens is 2. The second kappa shape index (κ2) is 6.67. The number of rotatable bonds is 4. The lowest BCUT2D eigenvalue weighted by atomic mass is 10.2. The normalized spacial score (nSPS) is 19.0. The van der Waals surface area contributed by atoms with E-state index in [1.807, 2.05) is 25.2 Å². The van der Waals surface area contributed by atoms with Crippen LogP contribution in [0.1, 0.15) is 28.1 Å². The molecule has 0 saturated carbocycles.